The summed E-state index contributed by atoms with van der Waals surface area (Å²) in [5.74, 6) is 0.738. The first kappa shape index (κ1) is 13.9. The Bertz CT molecular complexity index is 466. The lowest BCUT2D eigenvalue weighted by atomic mass is 10.0. The summed E-state index contributed by atoms with van der Waals surface area (Å²) < 4.78 is 1.72. The van der Waals surface area contributed by atoms with Gasteiger partial charge in [-0.1, -0.05) is 6.92 Å². The highest BCUT2D eigenvalue weighted by molar-refractivity contribution is 5.98. The third-order valence-corrected chi connectivity index (χ3v) is 3.98. The normalized spacial score (nSPS) is 20.4. The molecule has 1 fully saturated rings. The van der Waals surface area contributed by atoms with Crippen molar-refractivity contribution in [2.45, 2.75) is 46.6 Å². The quantitative estimate of drug-likeness (QED) is 0.889. The maximum atomic E-state index is 12.7. The van der Waals surface area contributed by atoms with Crippen molar-refractivity contribution in [2.24, 2.45) is 5.92 Å². The van der Waals surface area contributed by atoms with E-state index in [1.165, 1.54) is 6.42 Å². The second-order valence-electron chi connectivity index (χ2n) is 5.49. The molecule has 5 heteroatoms. The smallest absolute Gasteiger partial charge is 0.274 e. The van der Waals surface area contributed by atoms with Crippen molar-refractivity contribution < 1.29 is 4.79 Å². The lowest BCUT2D eigenvalue weighted by Gasteiger charge is -2.21. The molecule has 19 heavy (non-hydrogen) atoms. The molecule has 0 saturated carbocycles. The van der Waals surface area contributed by atoms with Crippen molar-refractivity contribution in [2.75, 3.05) is 18.8 Å². The van der Waals surface area contributed by atoms with E-state index < -0.39 is 0 Å². The average molecular weight is 264 g/mol. The first-order valence-corrected chi connectivity index (χ1v) is 7.16. The number of aromatic nitrogens is 2. The Hall–Kier alpha value is -1.52. The van der Waals surface area contributed by atoms with Crippen LogP contribution in [0.5, 0.6) is 0 Å². The zero-order valence-electron chi connectivity index (χ0n) is 12.1. The summed E-state index contributed by atoms with van der Waals surface area (Å²) in [5.41, 5.74) is 7.86. The minimum absolute atomic E-state index is 0.0362. The van der Waals surface area contributed by atoms with E-state index in [4.69, 9.17) is 5.73 Å². The van der Waals surface area contributed by atoms with E-state index in [1.807, 2.05) is 18.7 Å². The van der Waals surface area contributed by atoms with Gasteiger partial charge in [0.15, 0.2) is 0 Å². The Morgan fingerprint density at radius 1 is 1.42 bits per heavy atom. The Morgan fingerprint density at radius 2 is 2.16 bits per heavy atom. The van der Waals surface area contributed by atoms with Gasteiger partial charge in [-0.05, 0) is 39.0 Å². The van der Waals surface area contributed by atoms with Crippen LogP contribution < -0.4 is 5.73 Å². The SMILES string of the molecule is CCn1nc(C)c(N)c1C(=O)N1CCCC(C)CC1. The van der Waals surface area contributed by atoms with Crippen molar-refractivity contribution in [3.63, 3.8) is 0 Å². The molecule has 0 aromatic carbocycles. The Labute approximate surface area is 114 Å². The van der Waals surface area contributed by atoms with Crippen molar-refractivity contribution in [3.05, 3.63) is 11.4 Å². The van der Waals surface area contributed by atoms with Crippen LogP contribution in [0, 0.1) is 12.8 Å². The predicted molar refractivity (Wildman–Crippen MR) is 76.0 cm³/mol. The van der Waals surface area contributed by atoms with E-state index in [9.17, 15) is 4.79 Å². The average Bonchev–Trinajstić information content (AvgIpc) is 2.55. The van der Waals surface area contributed by atoms with Crippen molar-refractivity contribution in [1.29, 1.82) is 0 Å². The Kier molecular flexibility index (Phi) is 4.12. The van der Waals surface area contributed by atoms with Gasteiger partial charge in [0, 0.05) is 19.6 Å². The molecule has 106 valence electrons. The lowest BCUT2D eigenvalue weighted by Crippen LogP contribution is -2.34. The number of aryl methyl sites for hydroxylation is 2. The molecular formula is C14H24N4O. The summed E-state index contributed by atoms with van der Waals surface area (Å²) in [6.45, 7) is 8.41. The lowest BCUT2D eigenvalue weighted by molar-refractivity contribution is 0.0749. The van der Waals surface area contributed by atoms with Crippen molar-refractivity contribution in [3.8, 4) is 0 Å². The van der Waals surface area contributed by atoms with Gasteiger partial charge in [0.05, 0.1) is 11.4 Å². The maximum absolute atomic E-state index is 12.7. The Balaban J connectivity index is 2.23. The minimum atomic E-state index is 0.0362. The highest BCUT2D eigenvalue weighted by Crippen LogP contribution is 2.22. The summed E-state index contributed by atoms with van der Waals surface area (Å²) in [7, 11) is 0. The topological polar surface area (TPSA) is 64.2 Å². The van der Waals surface area contributed by atoms with Gasteiger partial charge in [0.2, 0.25) is 0 Å². The molecule has 1 saturated heterocycles. The van der Waals surface area contributed by atoms with E-state index in [0.29, 0.717) is 23.8 Å². The number of hydrogen-bond acceptors (Lipinski definition) is 3. The molecule has 0 bridgehead atoms. The summed E-state index contributed by atoms with van der Waals surface area (Å²) in [5, 5.41) is 4.33. The molecule has 5 nitrogen and oxygen atoms in total. The van der Waals surface area contributed by atoms with E-state index in [1.54, 1.807) is 4.68 Å². The molecule has 2 heterocycles. The number of carbonyl (C=O) groups is 1. The molecule has 0 spiro atoms. The number of carbonyl (C=O) groups excluding carboxylic acids is 1. The van der Waals surface area contributed by atoms with Gasteiger partial charge in [-0.2, -0.15) is 5.10 Å². The van der Waals surface area contributed by atoms with Crippen LogP contribution in [-0.4, -0.2) is 33.7 Å². The zero-order chi connectivity index (χ0) is 14.0. The maximum Gasteiger partial charge on any atom is 0.274 e. The first-order valence-electron chi connectivity index (χ1n) is 7.16. The monoisotopic (exact) mass is 264 g/mol. The fraction of sp³-hybridized carbons (Fsp3) is 0.714. The van der Waals surface area contributed by atoms with Gasteiger partial charge < -0.3 is 10.6 Å². The van der Waals surface area contributed by atoms with Crippen LogP contribution in [-0.2, 0) is 6.54 Å². The number of hydrogen-bond donors (Lipinski definition) is 1. The van der Waals surface area contributed by atoms with Crippen LogP contribution in [0.4, 0.5) is 5.69 Å². The first-order chi connectivity index (χ1) is 9.04. The van der Waals surface area contributed by atoms with Crippen LogP contribution in [0.25, 0.3) is 0 Å². The largest absolute Gasteiger partial charge is 0.395 e. The van der Waals surface area contributed by atoms with Crippen LogP contribution in [0.1, 0.15) is 49.3 Å². The standard InChI is InChI=1S/C14H24N4O/c1-4-18-13(12(15)11(3)16-18)14(19)17-8-5-6-10(2)7-9-17/h10H,4-9,15H2,1-3H3. The summed E-state index contributed by atoms with van der Waals surface area (Å²) in [4.78, 5) is 14.6. The van der Waals surface area contributed by atoms with E-state index in [0.717, 1.165) is 31.6 Å². The second kappa shape index (κ2) is 5.63. The number of likely N-dealkylation sites (tertiary alicyclic amines) is 1. The molecule has 1 aliphatic rings. The molecule has 1 unspecified atom stereocenters. The molecule has 1 aromatic heterocycles. The van der Waals surface area contributed by atoms with Gasteiger partial charge in [0.25, 0.3) is 5.91 Å². The van der Waals surface area contributed by atoms with Crippen molar-refractivity contribution >= 4 is 11.6 Å². The summed E-state index contributed by atoms with van der Waals surface area (Å²) in [6, 6.07) is 0. The molecule has 2 rings (SSSR count). The molecule has 1 aliphatic heterocycles. The third kappa shape index (κ3) is 2.74. The molecule has 2 N–H and O–H groups in total. The number of amides is 1. The van der Waals surface area contributed by atoms with Gasteiger partial charge >= 0.3 is 0 Å². The van der Waals surface area contributed by atoms with E-state index >= 15 is 0 Å². The molecule has 0 aliphatic carbocycles. The molecule has 1 amide bonds. The summed E-state index contributed by atoms with van der Waals surface area (Å²) >= 11 is 0. The van der Waals surface area contributed by atoms with Gasteiger partial charge in [-0.15, -0.1) is 0 Å². The molecule has 1 aromatic rings. The van der Waals surface area contributed by atoms with Crippen LogP contribution >= 0.6 is 0 Å². The number of nitrogens with zero attached hydrogens (tertiary/aromatic N) is 3. The Morgan fingerprint density at radius 3 is 2.84 bits per heavy atom. The highest BCUT2D eigenvalue weighted by Gasteiger charge is 2.25. The highest BCUT2D eigenvalue weighted by atomic mass is 16.2. The third-order valence-electron chi connectivity index (χ3n) is 3.98. The number of nitrogen functional groups attached to an aromatic ring is 1. The predicted octanol–water partition coefficient (Wildman–Crippen LogP) is 2.06. The number of nitrogens with two attached hydrogens (primary N) is 1. The number of anilines is 1. The minimum Gasteiger partial charge on any atom is -0.395 e. The fourth-order valence-corrected chi connectivity index (χ4v) is 2.67. The van der Waals surface area contributed by atoms with E-state index in [2.05, 4.69) is 12.0 Å². The van der Waals surface area contributed by atoms with Gasteiger partial charge in [-0.3, -0.25) is 9.48 Å². The number of rotatable bonds is 2. The molecule has 1 atom stereocenters. The zero-order valence-corrected chi connectivity index (χ0v) is 12.1. The van der Waals surface area contributed by atoms with Gasteiger partial charge in [-0.25, -0.2) is 0 Å². The van der Waals surface area contributed by atoms with Gasteiger partial charge in [0.1, 0.15) is 5.69 Å². The fourth-order valence-electron chi connectivity index (χ4n) is 2.67. The molecule has 0 radical (unpaired) electrons. The van der Waals surface area contributed by atoms with Crippen molar-refractivity contribution in [1.82, 2.24) is 14.7 Å². The second-order valence-corrected chi connectivity index (χ2v) is 5.49. The van der Waals surface area contributed by atoms with Crippen LogP contribution in [0.15, 0.2) is 0 Å². The summed E-state index contributed by atoms with van der Waals surface area (Å²) in [6.07, 6.45) is 3.35. The molecular weight excluding hydrogens is 240 g/mol. The van der Waals surface area contributed by atoms with Crippen LogP contribution in [0.3, 0.4) is 0 Å². The van der Waals surface area contributed by atoms with E-state index in [-0.39, 0.29) is 5.91 Å². The van der Waals surface area contributed by atoms with Crippen LogP contribution in [0.2, 0.25) is 0 Å².